The molecule has 6 heteroatoms. The van der Waals surface area contributed by atoms with E-state index < -0.39 is 0 Å². The van der Waals surface area contributed by atoms with Gasteiger partial charge in [0.05, 0.1) is 10.2 Å². The van der Waals surface area contributed by atoms with Crippen LogP contribution in [0, 0.1) is 0 Å². The number of halogens is 4. The minimum atomic E-state index is 0.460. The van der Waals surface area contributed by atoms with E-state index in [1.807, 2.05) is 12.1 Å². The summed E-state index contributed by atoms with van der Waals surface area (Å²) >= 11 is 21.7. The highest BCUT2D eigenvalue weighted by Gasteiger charge is 2.29. The van der Waals surface area contributed by atoms with Crippen molar-refractivity contribution in [2.45, 2.75) is 25.2 Å². The highest BCUT2D eigenvalue weighted by atomic mass is 79.9. The molecule has 0 N–H and O–H groups in total. The maximum atomic E-state index is 6.18. The lowest BCUT2D eigenvalue weighted by Crippen LogP contribution is -2.02. The monoisotopic (exact) mass is 390 g/mol. The number of hydrogen-bond acceptors (Lipinski definition) is 2. The molecule has 0 amide bonds. The van der Waals surface area contributed by atoms with E-state index in [9.17, 15) is 0 Å². The van der Waals surface area contributed by atoms with Crippen molar-refractivity contribution in [3.8, 4) is 0 Å². The van der Waals surface area contributed by atoms with Crippen LogP contribution < -0.4 is 0 Å². The van der Waals surface area contributed by atoms with Gasteiger partial charge < -0.3 is 0 Å². The minimum Gasteiger partial charge on any atom is -0.236 e. The van der Waals surface area contributed by atoms with Crippen molar-refractivity contribution in [2.75, 3.05) is 0 Å². The Morgan fingerprint density at radius 1 is 1.15 bits per heavy atom. The Labute approximate surface area is 140 Å². The first-order valence-corrected chi connectivity index (χ1v) is 8.13. The summed E-state index contributed by atoms with van der Waals surface area (Å²) in [5.74, 6) is 1.19. The van der Waals surface area contributed by atoms with Crippen LogP contribution in [0.3, 0.4) is 0 Å². The van der Waals surface area contributed by atoms with E-state index in [-0.39, 0.29) is 0 Å². The van der Waals surface area contributed by atoms with Crippen LogP contribution in [0.2, 0.25) is 15.2 Å². The van der Waals surface area contributed by atoms with Crippen LogP contribution in [0.4, 0.5) is 0 Å². The normalized spacial score (nSPS) is 14.6. The molecule has 104 valence electrons. The zero-order valence-electron chi connectivity index (χ0n) is 10.3. The average molecular weight is 393 g/mol. The second-order valence-electron chi connectivity index (χ2n) is 4.82. The van der Waals surface area contributed by atoms with Gasteiger partial charge in [-0.1, -0.05) is 40.9 Å². The van der Waals surface area contributed by atoms with E-state index in [1.54, 1.807) is 6.07 Å². The topological polar surface area (TPSA) is 25.8 Å². The van der Waals surface area contributed by atoms with E-state index in [2.05, 4.69) is 25.9 Å². The van der Waals surface area contributed by atoms with Gasteiger partial charge in [0.1, 0.15) is 11.0 Å². The lowest BCUT2D eigenvalue weighted by Gasteiger charge is -2.08. The largest absolute Gasteiger partial charge is 0.236 e. The summed E-state index contributed by atoms with van der Waals surface area (Å²) in [6.07, 6.45) is 2.86. The Hall–Kier alpha value is -0.350. The molecule has 1 aromatic carbocycles. The number of nitrogens with zero attached hydrogens (tertiary/aromatic N) is 2. The van der Waals surface area contributed by atoms with Gasteiger partial charge in [0.25, 0.3) is 0 Å². The first-order valence-electron chi connectivity index (χ1n) is 6.20. The fraction of sp³-hybridized carbons (Fsp3) is 0.286. The summed E-state index contributed by atoms with van der Waals surface area (Å²) in [4.78, 5) is 8.94. The van der Waals surface area contributed by atoms with E-state index in [4.69, 9.17) is 34.8 Å². The molecule has 1 fully saturated rings. The third-order valence-electron chi connectivity index (χ3n) is 3.21. The molecule has 0 saturated heterocycles. The second kappa shape index (κ2) is 5.80. The molecule has 1 aliphatic rings. The molecule has 0 bridgehead atoms. The van der Waals surface area contributed by atoms with Crippen LogP contribution in [0.25, 0.3) is 0 Å². The smallest absolute Gasteiger partial charge is 0.147 e. The lowest BCUT2D eigenvalue weighted by molar-refractivity contribution is 0.890. The number of aromatic nitrogens is 2. The highest BCUT2D eigenvalue weighted by Crippen LogP contribution is 2.43. The molecule has 0 unspecified atom stereocenters. The summed E-state index contributed by atoms with van der Waals surface area (Å²) in [6, 6.07) is 5.42. The van der Waals surface area contributed by atoms with Crippen molar-refractivity contribution in [3.05, 3.63) is 55.0 Å². The van der Waals surface area contributed by atoms with Crippen molar-refractivity contribution >= 4 is 50.7 Å². The molecule has 0 spiro atoms. The molecule has 3 rings (SSSR count). The van der Waals surface area contributed by atoms with Crippen molar-refractivity contribution in [3.63, 3.8) is 0 Å². The highest BCUT2D eigenvalue weighted by molar-refractivity contribution is 9.10. The lowest BCUT2D eigenvalue weighted by atomic mass is 10.1. The van der Waals surface area contributed by atoms with Crippen molar-refractivity contribution in [2.24, 2.45) is 0 Å². The molecule has 0 aliphatic heterocycles. The van der Waals surface area contributed by atoms with Gasteiger partial charge in [-0.2, -0.15) is 0 Å². The van der Waals surface area contributed by atoms with Gasteiger partial charge in [-0.3, -0.25) is 0 Å². The molecule has 1 aromatic heterocycles. The minimum absolute atomic E-state index is 0.460. The quantitative estimate of drug-likeness (QED) is 0.629. The predicted molar refractivity (Wildman–Crippen MR) is 86.0 cm³/mol. The van der Waals surface area contributed by atoms with Gasteiger partial charge in [-0.15, -0.1) is 0 Å². The van der Waals surface area contributed by atoms with Crippen molar-refractivity contribution in [1.82, 2.24) is 9.97 Å². The maximum absolute atomic E-state index is 6.18. The standard InChI is InChI=1S/C14H10BrCl3N2/c15-12-13(7-1-2-7)19-11(20-14(12)18)5-8-3-4-9(16)6-10(8)17/h3-4,6-7H,1-2,5H2. The summed E-state index contributed by atoms with van der Waals surface area (Å²) in [5.41, 5.74) is 1.95. The third-order valence-corrected chi connectivity index (χ3v) is 5.08. The van der Waals surface area contributed by atoms with E-state index in [1.165, 1.54) is 0 Å². The Morgan fingerprint density at radius 3 is 2.55 bits per heavy atom. The molecule has 2 nitrogen and oxygen atoms in total. The molecule has 1 saturated carbocycles. The van der Waals surface area contributed by atoms with Crippen molar-refractivity contribution < 1.29 is 0 Å². The van der Waals surface area contributed by atoms with E-state index in [0.29, 0.717) is 33.4 Å². The SMILES string of the molecule is Clc1ccc(Cc2nc(Cl)c(Br)c(C3CC3)n2)c(Cl)c1. The Kier molecular flexibility index (Phi) is 4.23. The van der Waals surface area contributed by atoms with Gasteiger partial charge >= 0.3 is 0 Å². The van der Waals surface area contributed by atoms with Gasteiger partial charge in [-0.25, -0.2) is 9.97 Å². The van der Waals surface area contributed by atoms with Crippen LogP contribution in [-0.2, 0) is 6.42 Å². The number of benzene rings is 1. The fourth-order valence-corrected chi connectivity index (χ4v) is 3.19. The summed E-state index contributed by atoms with van der Waals surface area (Å²) < 4.78 is 0.813. The zero-order chi connectivity index (χ0) is 14.3. The second-order valence-corrected chi connectivity index (χ2v) is 6.81. The van der Waals surface area contributed by atoms with Crippen LogP contribution >= 0.6 is 50.7 Å². The van der Waals surface area contributed by atoms with Crippen LogP contribution in [0.5, 0.6) is 0 Å². The van der Waals surface area contributed by atoms with E-state index in [0.717, 1.165) is 28.6 Å². The summed E-state index contributed by atoms with van der Waals surface area (Å²) in [5, 5.41) is 1.70. The first-order chi connectivity index (χ1) is 9.54. The van der Waals surface area contributed by atoms with Crippen LogP contribution in [0.1, 0.15) is 35.8 Å². The van der Waals surface area contributed by atoms with Crippen LogP contribution in [0.15, 0.2) is 22.7 Å². The average Bonchev–Trinajstić information content (AvgIpc) is 3.21. The van der Waals surface area contributed by atoms with Crippen molar-refractivity contribution in [1.29, 1.82) is 0 Å². The summed E-state index contributed by atoms with van der Waals surface area (Å²) in [7, 11) is 0. The van der Waals surface area contributed by atoms with Crippen LogP contribution in [-0.4, -0.2) is 9.97 Å². The first kappa shape index (κ1) is 14.6. The molecule has 0 atom stereocenters. The fourth-order valence-electron chi connectivity index (χ4n) is 2.02. The molecular weight excluding hydrogens is 382 g/mol. The number of rotatable bonds is 3. The Balaban J connectivity index is 1.94. The van der Waals surface area contributed by atoms with Gasteiger partial charge in [0.2, 0.25) is 0 Å². The molecule has 2 aromatic rings. The van der Waals surface area contributed by atoms with E-state index >= 15 is 0 Å². The predicted octanol–water partition coefficient (Wildman–Crippen LogP) is 5.67. The Bertz CT molecular complexity index is 672. The maximum Gasteiger partial charge on any atom is 0.147 e. The molecule has 1 aliphatic carbocycles. The molecule has 1 heterocycles. The van der Waals surface area contributed by atoms with Gasteiger partial charge in [-0.05, 0) is 46.5 Å². The van der Waals surface area contributed by atoms with Gasteiger partial charge in [0.15, 0.2) is 0 Å². The van der Waals surface area contributed by atoms with Gasteiger partial charge in [0, 0.05) is 22.4 Å². The summed E-state index contributed by atoms with van der Waals surface area (Å²) in [6.45, 7) is 0. The Morgan fingerprint density at radius 2 is 1.90 bits per heavy atom. The molecule has 0 radical (unpaired) electrons. The third kappa shape index (κ3) is 3.11. The molecular formula is C14H10BrCl3N2. The molecule has 20 heavy (non-hydrogen) atoms. The zero-order valence-corrected chi connectivity index (χ0v) is 14.2. The number of hydrogen-bond donors (Lipinski definition) is 0.